The molecule has 0 atom stereocenters. The van der Waals surface area contributed by atoms with Crippen LogP contribution in [0.15, 0.2) is 78.0 Å². The van der Waals surface area contributed by atoms with Crippen molar-refractivity contribution in [3.05, 3.63) is 89.5 Å². The van der Waals surface area contributed by atoms with Gasteiger partial charge in [-0.05, 0) is 61.0 Å². The lowest BCUT2D eigenvalue weighted by Gasteiger charge is -2.12. The lowest BCUT2D eigenvalue weighted by atomic mass is 10.2. The maximum Gasteiger partial charge on any atom is 0.263 e. The van der Waals surface area contributed by atoms with Gasteiger partial charge in [0.05, 0.1) is 22.4 Å². The lowest BCUT2D eigenvalue weighted by Crippen LogP contribution is -2.25. The van der Waals surface area contributed by atoms with E-state index in [0.29, 0.717) is 19.5 Å². The number of aryl methyl sites for hydroxylation is 1. The summed E-state index contributed by atoms with van der Waals surface area (Å²) in [6.45, 7) is 1.06. The van der Waals surface area contributed by atoms with Crippen LogP contribution in [0.2, 0.25) is 5.02 Å². The van der Waals surface area contributed by atoms with Crippen molar-refractivity contribution in [2.24, 2.45) is 0 Å². The fraction of sp³-hybridized carbons (Fsp3) is 0.130. The first kappa shape index (κ1) is 22.8. The number of fused-ring (bicyclic) bond motifs is 1. The van der Waals surface area contributed by atoms with Crippen molar-refractivity contribution in [1.29, 1.82) is 0 Å². The highest BCUT2D eigenvalue weighted by atomic mass is 35.5. The number of rotatable bonds is 8. The molecule has 33 heavy (non-hydrogen) atoms. The Balaban J connectivity index is 1.40. The molecule has 7 nitrogen and oxygen atoms in total. The predicted octanol–water partition coefficient (Wildman–Crippen LogP) is 4.45. The van der Waals surface area contributed by atoms with Gasteiger partial charge in [-0.25, -0.2) is 17.8 Å². The fourth-order valence-electron chi connectivity index (χ4n) is 3.32. The molecule has 0 spiro atoms. The van der Waals surface area contributed by atoms with Crippen LogP contribution in [0.3, 0.4) is 0 Å². The van der Waals surface area contributed by atoms with Crippen molar-refractivity contribution in [1.82, 2.24) is 14.9 Å². The Kier molecular flexibility index (Phi) is 6.62. The van der Waals surface area contributed by atoms with Gasteiger partial charge in [0.25, 0.3) is 15.9 Å². The highest BCUT2D eigenvalue weighted by molar-refractivity contribution is 7.92. The first-order chi connectivity index (χ1) is 15.8. The first-order valence-corrected chi connectivity index (χ1v) is 12.0. The number of sulfonamides is 1. The highest BCUT2D eigenvalue weighted by Gasteiger charge is 2.20. The summed E-state index contributed by atoms with van der Waals surface area (Å²) in [7, 11) is -4.08. The second-order valence-corrected chi connectivity index (χ2v) is 9.35. The van der Waals surface area contributed by atoms with E-state index in [1.807, 2.05) is 28.8 Å². The number of nitrogens with zero attached hydrogens (tertiary/aromatic N) is 2. The van der Waals surface area contributed by atoms with Gasteiger partial charge in [-0.15, -0.1) is 0 Å². The molecule has 10 heteroatoms. The van der Waals surface area contributed by atoms with E-state index >= 15 is 0 Å². The molecular formula is C23H20ClFN4O3S. The third-order valence-corrected chi connectivity index (χ3v) is 6.83. The molecule has 1 heterocycles. The number of hydrogen-bond acceptors (Lipinski definition) is 4. The topological polar surface area (TPSA) is 93.1 Å². The fourth-order valence-corrected chi connectivity index (χ4v) is 4.91. The third kappa shape index (κ3) is 5.32. The summed E-state index contributed by atoms with van der Waals surface area (Å²) in [6, 6.07) is 16.7. The molecule has 0 saturated heterocycles. The number of benzene rings is 3. The number of nitrogens with one attached hydrogen (secondary N) is 2. The van der Waals surface area contributed by atoms with Gasteiger partial charge in [-0.3, -0.25) is 9.52 Å². The predicted molar refractivity (Wildman–Crippen MR) is 125 cm³/mol. The molecule has 170 valence electrons. The molecule has 1 amide bonds. The Hall–Kier alpha value is -3.43. The number of carbonyl (C=O) groups excluding carboxylic acids is 1. The third-order valence-electron chi connectivity index (χ3n) is 4.97. The van der Waals surface area contributed by atoms with Crippen LogP contribution in [-0.4, -0.2) is 30.4 Å². The van der Waals surface area contributed by atoms with Gasteiger partial charge < -0.3 is 9.88 Å². The van der Waals surface area contributed by atoms with Crippen molar-refractivity contribution >= 4 is 44.3 Å². The zero-order chi connectivity index (χ0) is 23.4. The monoisotopic (exact) mass is 486 g/mol. The molecule has 0 aliphatic heterocycles. The number of imidazole rings is 1. The smallest absolute Gasteiger partial charge is 0.263 e. The van der Waals surface area contributed by atoms with Crippen LogP contribution in [-0.2, 0) is 16.6 Å². The minimum Gasteiger partial charge on any atom is -0.352 e. The van der Waals surface area contributed by atoms with Crippen LogP contribution in [0.1, 0.15) is 16.8 Å². The molecule has 0 aliphatic carbocycles. The summed E-state index contributed by atoms with van der Waals surface area (Å²) < 4.78 is 42.9. The Morgan fingerprint density at radius 2 is 1.82 bits per heavy atom. The average Bonchev–Trinajstić information content (AvgIpc) is 3.21. The van der Waals surface area contributed by atoms with E-state index in [-0.39, 0.29) is 21.2 Å². The number of hydrogen-bond donors (Lipinski definition) is 2. The maximum atomic E-state index is 13.1. The summed E-state index contributed by atoms with van der Waals surface area (Å²) in [4.78, 5) is 16.7. The summed E-state index contributed by atoms with van der Waals surface area (Å²) in [5.74, 6) is -0.906. The molecule has 1 aromatic heterocycles. The molecule has 3 aromatic carbocycles. The Labute approximate surface area is 195 Å². The van der Waals surface area contributed by atoms with E-state index in [4.69, 9.17) is 11.6 Å². The van der Waals surface area contributed by atoms with Gasteiger partial charge in [0, 0.05) is 24.3 Å². The summed E-state index contributed by atoms with van der Waals surface area (Å²) in [6.07, 6.45) is 2.42. The SMILES string of the molecule is O=C(NCCCn1cnc2ccccc21)c1ccc(Cl)c(S(=O)(=O)Nc2ccc(F)cc2)c1. The molecular weight excluding hydrogens is 467 g/mol. The minimum atomic E-state index is -4.08. The zero-order valence-electron chi connectivity index (χ0n) is 17.3. The van der Waals surface area contributed by atoms with Crippen LogP contribution in [0, 0.1) is 5.82 Å². The summed E-state index contributed by atoms with van der Waals surface area (Å²) >= 11 is 6.09. The molecule has 0 radical (unpaired) electrons. The number of amides is 1. The Morgan fingerprint density at radius 1 is 1.06 bits per heavy atom. The molecule has 0 aliphatic rings. The molecule has 0 unspecified atom stereocenters. The van der Waals surface area contributed by atoms with Crippen LogP contribution in [0.25, 0.3) is 11.0 Å². The van der Waals surface area contributed by atoms with E-state index < -0.39 is 21.7 Å². The van der Waals surface area contributed by atoms with Gasteiger partial charge in [0.2, 0.25) is 0 Å². The number of anilines is 1. The van der Waals surface area contributed by atoms with Gasteiger partial charge in [0.1, 0.15) is 10.7 Å². The molecule has 4 rings (SSSR count). The Morgan fingerprint density at radius 3 is 2.61 bits per heavy atom. The van der Waals surface area contributed by atoms with Crippen molar-refractivity contribution in [2.75, 3.05) is 11.3 Å². The Bertz CT molecular complexity index is 1410. The second-order valence-electron chi connectivity index (χ2n) is 7.29. The normalized spacial score (nSPS) is 11.5. The highest BCUT2D eigenvalue weighted by Crippen LogP contribution is 2.25. The standard InChI is InChI=1S/C23H20ClFN4O3S/c24-19-11-6-16(14-22(19)33(31,32)28-18-9-7-17(25)8-10-18)23(30)26-12-3-13-29-15-27-20-4-1-2-5-21(20)29/h1-2,4-11,14-15,28H,3,12-13H2,(H,26,30). The number of halogens is 2. The second kappa shape index (κ2) is 9.60. The summed E-state index contributed by atoms with van der Waals surface area (Å²) in [5.41, 5.74) is 2.26. The van der Waals surface area contributed by atoms with Crippen molar-refractivity contribution in [3.63, 3.8) is 0 Å². The molecule has 4 aromatic rings. The maximum absolute atomic E-state index is 13.1. The number of carbonyl (C=O) groups is 1. The van der Waals surface area contributed by atoms with Crippen LogP contribution >= 0.6 is 11.6 Å². The number of aromatic nitrogens is 2. The zero-order valence-corrected chi connectivity index (χ0v) is 18.9. The van der Waals surface area contributed by atoms with Crippen molar-refractivity contribution in [2.45, 2.75) is 17.9 Å². The van der Waals surface area contributed by atoms with Crippen molar-refractivity contribution < 1.29 is 17.6 Å². The average molecular weight is 487 g/mol. The largest absolute Gasteiger partial charge is 0.352 e. The van der Waals surface area contributed by atoms with Crippen LogP contribution in [0.4, 0.5) is 10.1 Å². The van der Waals surface area contributed by atoms with Gasteiger partial charge >= 0.3 is 0 Å². The lowest BCUT2D eigenvalue weighted by molar-refractivity contribution is 0.0952. The minimum absolute atomic E-state index is 0.0341. The van der Waals surface area contributed by atoms with E-state index in [1.54, 1.807) is 6.33 Å². The first-order valence-electron chi connectivity index (χ1n) is 10.1. The molecule has 0 fully saturated rings. The van der Waals surface area contributed by atoms with Gasteiger partial charge in [-0.1, -0.05) is 23.7 Å². The summed E-state index contributed by atoms with van der Waals surface area (Å²) in [5, 5.41) is 2.76. The van der Waals surface area contributed by atoms with Crippen LogP contribution in [0.5, 0.6) is 0 Å². The van der Waals surface area contributed by atoms with Crippen molar-refractivity contribution in [3.8, 4) is 0 Å². The molecule has 2 N–H and O–H groups in total. The van der Waals surface area contributed by atoms with Gasteiger partial charge in [0.15, 0.2) is 0 Å². The van der Waals surface area contributed by atoms with Gasteiger partial charge in [-0.2, -0.15) is 0 Å². The van der Waals surface area contributed by atoms with E-state index in [0.717, 1.165) is 23.2 Å². The number of para-hydroxylation sites is 2. The quantitative estimate of drug-likeness (QED) is 0.360. The van der Waals surface area contributed by atoms with Crippen LogP contribution < -0.4 is 10.0 Å². The van der Waals surface area contributed by atoms with E-state index in [2.05, 4.69) is 15.0 Å². The van der Waals surface area contributed by atoms with E-state index in [1.165, 1.54) is 30.3 Å². The molecule has 0 bridgehead atoms. The molecule has 0 saturated carbocycles. The van der Waals surface area contributed by atoms with E-state index in [9.17, 15) is 17.6 Å².